The summed E-state index contributed by atoms with van der Waals surface area (Å²) in [5.74, 6) is 0.729. The molecule has 0 radical (unpaired) electrons. The maximum Gasteiger partial charge on any atom is 0.191 e. The Morgan fingerprint density at radius 1 is 1.24 bits per heavy atom. The number of hydrogen-bond donors (Lipinski definition) is 3. The molecule has 3 N–H and O–H groups in total. The van der Waals surface area contributed by atoms with Gasteiger partial charge in [-0.05, 0) is 37.0 Å². The lowest BCUT2D eigenvalue weighted by Gasteiger charge is -2.21. The number of thiophene rings is 1. The second-order valence-electron chi connectivity index (χ2n) is 6.02. The van der Waals surface area contributed by atoms with Crippen LogP contribution in [0.4, 0.5) is 0 Å². The molecule has 0 aliphatic heterocycles. The van der Waals surface area contributed by atoms with Gasteiger partial charge in [0.1, 0.15) is 6.10 Å². The molecule has 0 amide bonds. The molecule has 2 rings (SSSR count). The molecule has 2 aromatic rings. The number of likely N-dealkylation sites (N-methyl/N-ethyl adjacent to an activating group) is 1. The van der Waals surface area contributed by atoms with E-state index in [0.717, 1.165) is 37.0 Å². The summed E-state index contributed by atoms with van der Waals surface area (Å²) < 4.78 is 1.20. The molecular formula is C19H30N4OS. The molecule has 1 heterocycles. The molecule has 6 heteroatoms. The first-order chi connectivity index (χ1) is 12.2. The monoisotopic (exact) mass is 362 g/mol. The van der Waals surface area contributed by atoms with Crippen molar-refractivity contribution >= 4 is 27.4 Å². The Balaban J connectivity index is 1.79. The van der Waals surface area contributed by atoms with Gasteiger partial charge in [-0.15, -0.1) is 11.3 Å². The summed E-state index contributed by atoms with van der Waals surface area (Å²) in [5, 5.41) is 18.2. The van der Waals surface area contributed by atoms with E-state index in [1.54, 1.807) is 18.4 Å². The Hall–Kier alpha value is -1.63. The topological polar surface area (TPSA) is 59.9 Å². The third-order valence-electron chi connectivity index (χ3n) is 4.17. The molecule has 1 unspecified atom stereocenters. The van der Waals surface area contributed by atoms with E-state index < -0.39 is 6.10 Å². The number of aliphatic imine (C=N–C) groups is 1. The molecule has 0 fully saturated rings. The van der Waals surface area contributed by atoms with Crippen molar-refractivity contribution in [3.8, 4) is 0 Å². The van der Waals surface area contributed by atoms with Crippen LogP contribution >= 0.6 is 11.3 Å². The summed E-state index contributed by atoms with van der Waals surface area (Å²) in [6.45, 7) is 8.84. The van der Waals surface area contributed by atoms with Crippen LogP contribution < -0.4 is 10.6 Å². The van der Waals surface area contributed by atoms with Crippen LogP contribution in [0.25, 0.3) is 10.1 Å². The molecule has 25 heavy (non-hydrogen) atoms. The fourth-order valence-corrected chi connectivity index (χ4v) is 3.81. The smallest absolute Gasteiger partial charge is 0.191 e. The van der Waals surface area contributed by atoms with Gasteiger partial charge in [0.15, 0.2) is 5.96 Å². The summed E-state index contributed by atoms with van der Waals surface area (Å²) in [4.78, 5) is 7.62. The number of aliphatic hydroxyl groups is 1. The standard InChI is InChI=1S/C19H30N4OS/c1-4-11-23(5-2)12-10-21-19(20-3)22-14-16(24)18-13-15-8-6-7-9-17(15)25-18/h6-9,13,16,24H,4-5,10-12,14H2,1-3H3,(H2,20,21,22). The van der Waals surface area contributed by atoms with E-state index in [0.29, 0.717) is 6.54 Å². The lowest BCUT2D eigenvalue weighted by atomic mass is 10.2. The van der Waals surface area contributed by atoms with Crippen LogP contribution in [0.15, 0.2) is 35.3 Å². The Labute approximate surface area is 154 Å². The first kappa shape index (κ1) is 19.7. The minimum absolute atomic E-state index is 0.443. The van der Waals surface area contributed by atoms with E-state index in [9.17, 15) is 5.11 Å². The molecule has 1 aromatic heterocycles. The zero-order chi connectivity index (χ0) is 18.1. The minimum Gasteiger partial charge on any atom is -0.386 e. The highest BCUT2D eigenvalue weighted by molar-refractivity contribution is 7.19. The summed E-state index contributed by atoms with van der Waals surface area (Å²) >= 11 is 1.64. The van der Waals surface area contributed by atoms with E-state index in [1.807, 2.05) is 12.1 Å². The highest BCUT2D eigenvalue weighted by Gasteiger charge is 2.12. The number of hydrogen-bond acceptors (Lipinski definition) is 4. The van der Waals surface area contributed by atoms with Gasteiger partial charge in [0.05, 0.1) is 0 Å². The van der Waals surface area contributed by atoms with Crippen LogP contribution in [-0.2, 0) is 0 Å². The lowest BCUT2D eigenvalue weighted by Crippen LogP contribution is -2.42. The predicted molar refractivity (Wildman–Crippen MR) is 109 cm³/mol. The van der Waals surface area contributed by atoms with Gasteiger partial charge in [-0.25, -0.2) is 0 Å². The average molecular weight is 363 g/mol. The maximum atomic E-state index is 10.4. The van der Waals surface area contributed by atoms with Crippen molar-refractivity contribution in [3.63, 3.8) is 0 Å². The van der Waals surface area contributed by atoms with Crippen molar-refractivity contribution in [1.29, 1.82) is 0 Å². The molecule has 0 bridgehead atoms. The Morgan fingerprint density at radius 2 is 2.04 bits per heavy atom. The SMILES string of the molecule is CCCN(CC)CCNC(=NC)NCC(O)c1cc2ccccc2s1. The van der Waals surface area contributed by atoms with Crippen LogP contribution in [0.2, 0.25) is 0 Å². The first-order valence-corrected chi connectivity index (χ1v) is 9.83. The number of rotatable bonds is 9. The number of nitrogens with zero attached hydrogens (tertiary/aromatic N) is 2. The van der Waals surface area contributed by atoms with Gasteiger partial charge in [0.2, 0.25) is 0 Å². The molecule has 0 saturated heterocycles. The summed E-state index contributed by atoms with van der Waals surface area (Å²) in [7, 11) is 1.75. The highest BCUT2D eigenvalue weighted by atomic mass is 32.1. The molecule has 0 spiro atoms. The molecule has 138 valence electrons. The molecule has 0 aliphatic rings. The number of benzene rings is 1. The fourth-order valence-electron chi connectivity index (χ4n) is 2.76. The van der Waals surface area contributed by atoms with E-state index in [2.05, 4.69) is 52.6 Å². The predicted octanol–water partition coefficient (Wildman–Crippen LogP) is 2.83. The third kappa shape index (κ3) is 5.99. The van der Waals surface area contributed by atoms with Crippen LogP contribution in [-0.4, -0.2) is 55.7 Å². The zero-order valence-corrected chi connectivity index (χ0v) is 16.3. The Morgan fingerprint density at radius 3 is 2.72 bits per heavy atom. The van der Waals surface area contributed by atoms with Crippen LogP contribution in [0.3, 0.4) is 0 Å². The van der Waals surface area contributed by atoms with Crippen molar-refractivity contribution in [2.24, 2.45) is 4.99 Å². The normalized spacial score (nSPS) is 13.4. The quantitative estimate of drug-likeness (QED) is 0.474. The fraction of sp³-hybridized carbons (Fsp3) is 0.526. The molecule has 1 atom stereocenters. The van der Waals surface area contributed by atoms with Gasteiger partial charge in [-0.2, -0.15) is 0 Å². The second kappa shape index (κ2) is 10.4. The van der Waals surface area contributed by atoms with Crippen molar-refractivity contribution in [3.05, 3.63) is 35.2 Å². The summed E-state index contributed by atoms with van der Waals surface area (Å²) in [6.07, 6.45) is 0.630. The summed E-state index contributed by atoms with van der Waals surface area (Å²) in [6, 6.07) is 10.3. The minimum atomic E-state index is -0.539. The number of guanidine groups is 1. The van der Waals surface area contributed by atoms with E-state index in [-0.39, 0.29) is 0 Å². The molecular weight excluding hydrogens is 332 g/mol. The second-order valence-corrected chi connectivity index (χ2v) is 7.13. The number of fused-ring (bicyclic) bond motifs is 1. The van der Waals surface area contributed by atoms with Crippen molar-refractivity contribution in [2.75, 3.05) is 39.8 Å². The molecule has 0 saturated carbocycles. The zero-order valence-electron chi connectivity index (χ0n) is 15.5. The highest BCUT2D eigenvalue weighted by Crippen LogP contribution is 2.29. The molecule has 0 aliphatic carbocycles. The third-order valence-corrected chi connectivity index (χ3v) is 5.38. The van der Waals surface area contributed by atoms with Gasteiger partial charge in [-0.3, -0.25) is 4.99 Å². The van der Waals surface area contributed by atoms with Gasteiger partial charge in [0, 0.05) is 36.3 Å². The largest absolute Gasteiger partial charge is 0.386 e. The Bertz CT molecular complexity index is 637. The maximum absolute atomic E-state index is 10.4. The van der Waals surface area contributed by atoms with Gasteiger partial charge >= 0.3 is 0 Å². The van der Waals surface area contributed by atoms with Crippen LogP contribution in [0.1, 0.15) is 31.2 Å². The van der Waals surface area contributed by atoms with Gasteiger partial charge < -0.3 is 20.6 Å². The van der Waals surface area contributed by atoms with Crippen molar-refractivity contribution in [1.82, 2.24) is 15.5 Å². The van der Waals surface area contributed by atoms with E-state index in [1.165, 1.54) is 16.5 Å². The molecule has 1 aromatic carbocycles. The van der Waals surface area contributed by atoms with Crippen LogP contribution in [0.5, 0.6) is 0 Å². The van der Waals surface area contributed by atoms with E-state index in [4.69, 9.17) is 0 Å². The summed E-state index contributed by atoms with van der Waals surface area (Å²) in [5.41, 5.74) is 0. The van der Waals surface area contributed by atoms with Crippen LogP contribution in [0, 0.1) is 0 Å². The number of nitrogens with one attached hydrogen (secondary N) is 2. The first-order valence-electron chi connectivity index (χ1n) is 9.01. The van der Waals surface area contributed by atoms with Gasteiger partial charge in [-0.1, -0.05) is 32.0 Å². The lowest BCUT2D eigenvalue weighted by molar-refractivity contribution is 0.184. The average Bonchev–Trinajstić information content (AvgIpc) is 3.07. The van der Waals surface area contributed by atoms with Crippen molar-refractivity contribution in [2.45, 2.75) is 26.4 Å². The van der Waals surface area contributed by atoms with Gasteiger partial charge in [0.25, 0.3) is 0 Å². The number of aliphatic hydroxyl groups excluding tert-OH is 1. The van der Waals surface area contributed by atoms with E-state index >= 15 is 0 Å². The van der Waals surface area contributed by atoms with Crippen molar-refractivity contribution < 1.29 is 5.11 Å². The molecule has 5 nitrogen and oxygen atoms in total. The Kier molecular flexibility index (Phi) is 8.18.